The summed E-state index contributed by atoms with van der Waals surface area (Å²) < 4.78 is 27.9. The van der Waals surface area contributed by atoms with Gasteiger partial charge in [-0.2, -0.15) is 4.31 Å². The predicted octanol–water partition coefficient (Wildman–Crippen LogP) is 4.00. The largest absolute Gasteiger partial charge is 0.369 e. The van der Waals surface area contributed by atoms with Crippen LogP contribution in [0.1, 0.15) is 0 Å². The monoisotopic (exact) mass is 386 g/mol. The number of benzene rings is 3. The molecule has 0 N–H and O–H groups in total. The maximum Gasteiger partial charge on any atom is 0.243 e. The third-order valence-corrected chi connectivity index (χ3v) is 6.97. The maximum atomic E-state index is 13.2. The first-order valence-electron chi connectivity index (χ1n) is 8.54. The van der Waals surface area contributed by atoms with Crippen molar-refractivity contribution in [2.45, 2.75) is 4.90 Å². The van der Waals surface area contributed by atoms with E-state index in [1.54, 1.807) is 16.4 Å². The van der Waals surface area contributed by atoms with E-state index in [9.17, 15) is 8.42 Å². The Balaban J connectivity index is 1.58. The highest BCUT2D eigenvalue weighted by Gasteiger charge is 2.29. The van der Waals surface area contributed by atoms with E-state index in [4.69, 9.17) is 11.6 Å². The summed E-state index contributed by atoms with van der Waals surface area (Å²) in [6.07, 6.45) is 0. The Morgan fingerprint density at radius 3 is 2.27 bits per heavy atom. The third kappa shape index (κ3) is 3.18. The van der Waals surface area contributed by atoms with E-state index in [-0.39, 0.29) is 0 Å². The molecule has 0 amide bonds. The molecule has 4 rings (SSSR count). The van der Waals surface area contributed by atoms with Crippen LogP contribution in [-0.4, -0.2) is 38.9 Å². The molecule has 1 heterocycles. The lowest BCUT2D eigenvalue weighted by molar-refractivity contribution is 0.385. The molecule has 3 aromatic carbocycles. The minimum absolute atomic E-state index is 0.381. The van der Waals surface area contributed by atoms with Gasteiger partial charge in [0.15, 0.2) is 0 Å². The van der Waals surface area contributed by atoms with E-state index in [2.05, 4.69) is 4.90 Å². The number of nitrogens with zero attached hydrogens (tertiary/aromatic N) is 2. The molecule has 0 spiro atoms. The molecule has 4 nitrogen and oxygen atoms in total. The first-order valence-corrected chi connectivity index (χ1v) is 10.4. The van der Waals surface area contributed by atoms with Gasteiger partial charge >= 0.3 is 0 Å². The van der Waals surface area contributed by atoms with Crippen molar-refractivity contribution < 1.29 is 8.42 Å². The van der Waals surface area contributed by atoms with Crippen molar-refractivity contribution >= 4 is 38.1 Å². The van der Waals surface area contributed by atoms with E-state index in [0.717, 1.165) is 16.5 Å². The molecule has 6 heteroatoms. The summed E-state index contributed by atoms with van der Waals surface area (Å²) in [5.41, 5.74) is 1.03. The summed E-state index contributed by atoms with van der Waals surface area (Å²) >= 11 is 6.07. The van der Waals surface area contributed by atoms with Crippen LogP contribution in [0.25, 0.3) is 10.8 Å². The lowest BCUT2D eigenvalue weighted by atomic mass is 10.1. The number of piperazine rings is 1. The van der Waals surface area contributed by atoms with Gasteiger partial charge in [-0.05, 0) is 29.7 Å². The van der Waals surface area contributed by atoms with Crippen molar-refractivity contribution in [3.63, 3.8) is 0 Å². The van der Waals surface area contributed by atoms with Crippen LogP contribution in [0.2, 0.25) is 5.02 Å². The Kier molecular flexibility index (Phi) is 4.61. The molecular formula is C20H19ClN2O2S. The van der Waals surface area contributed by atoms with Crippen LogP contribution in [0.5, 0.6) is 0 Å². The van der Waals surface area contributed by atoms with Crippen molar-refractivity contribution in [1.29, 1.82) is 0 Å². The quantitative estimate of drug-likeness (QED) is 0.683. The Hall–Kier alpha value is -2.08. The molecule has 0 atom stereocenters. The number of anilines is 1. The van der Waals surface area contributed by atoms with Crippen LogP contribution >= 0.6 is 11.6 Å². The average molecular weight is 387 g/mol. The van der Waals surface area contributed by atoms with E-state index >= 15 is 0 Å². The molecule has 0 saturated carbocycles. The lowest BCUT2D eigenvalue weighted by Gasteiger charge is -2.35. The fourth-order valence-electron chi connectivity index (χ4n) is 3.42. The molecule has 0 aromatic heterocycles. The second-order valence-corrected chi connectivity index (χ2v) is 8.69. The van der Waals surface area contributed by atoms with Gasteiger partial charge in [0.05, 0.1) is 4.90 Å². The number of fused-ring (bicyclic) bond motifs is 1. The molecule has 0 unspecified atom stereocenters. The Morgan fingerprint density at radius 1 is 0.808 bits per heavy atom. The predicted molar refractivity (Wildman–Crippen MR) is 106 cm³/mol. The van der Waals surface area contributed by atoms with Crippen molar-refractivity contribution in [3.8, 4) is 0 Å². The summed E-state index contributed by atoms with van der Waals surface area (Å²) in [5, 5.41) is 2.40. The standard InChI is InChI=1S/C20H19ClN2O2S/c21-17-7-4-8-18(15-17)22-11-13-23(14-12-22)26(24,25)20-10-3-6-16-5-1-2-9-19(16)20/h1-10,15H,11-14H2. The summed E-state index contributed by atoms with van der Waals surface area (Å²) in [6, 6.07) is 20.7. The van der Waals surface area contributed by atoms with Gasteiger partial charge in [-0.25, -0.2) is 8.42 Å². The van der Waals surface area contributed by atoms with Gasteiger partial charge in [-0.15, -0.1) is 0 Å². The van der Waals surface area contributed by atoms with Crippen LogP contribution in [-0.2, 0) is 10.0 Å². The molecule has 1 aliphatic rings. The Morgan fingerprint density at radius 2 is 1.50 bits per heavy atom. The van der Waals surface area contributed by atoms with Gasteiger partial charge in [0.25, 0.3) is 0 Å². The van der Waals surface area contributed by atoms with Crippen LogP contribution in [0.3, 0.4) is 0 Å². The van der Waals surface area contributed by atoms with E-state index in [0.29, 0.717) is 36.1 Å². The van der Waals surface area contributed by atoms with E-state index in [1.165, 1.54) is 0 Å². The number of hydrogen-bond donors (Lipinski definition) is 0. The summed E-state index contributed by atoms with van der Waals surface area (Å²) in [4.78, 5) is 2.55. The van der Waals surface area contributed by atoms with Gasteiger partial charge in [0, 0.05) is 42.3 Å². The first-order chi connectivity index (χ1) is 12.6. The molecule has 134 valence electrons. The second kappa shape index (κ2) is 6.91. The molecule has 26 heavy (non-hydrogen) atoms. The zero-order valence-corrected chi connectivity index (χ0v) is 15.7. The molecule has 1 aliphatic heterocycles. The minimum Gasteiger partial charge on any atom is -0.369 e. The SMILES string of the molecule is O=S(=O)(c1cccc2ccccc12)N1CCN(c2cccc(Cl)c2)CC1. The number of sulfonamides is 1. The molecule has 3 aromatic rings. The molecule has 0 aliphatic carbocycles. The van der Waals surface area contributed by atoms with Crippen molar-refractivity contribution in [1.82, 2.24) is 4.31 Å². The van der Waals surface area contributed by atoms with Gasteiger partial charge in [0.2, 0.25) is 10.0 Å². The Labute approximate surface area is 158 Å². The van der Waals surface area contributed by atoms with Crippen molar-refractivity contribution in [2.75, 3.05) is 31.1 Å². The fraction of sp³-hybridized carbons (Fsp3) is 0.200. The Bertz CT molecular complexity index is 1040. The minimum atomic E-state index is -3.52. The lowest BCUT2D eigenvalue weighted by Crippen LogP contribution is -2.48. The van der Waals surface area contributed by atoms with Gasteiger partial charge in [-0.3, -0.25) is 0 Å². The fourth-order valence-corrected chi connectivity index (χ4v) is 5.24. The topological polar surface area (TPSA) is 40.6 Å². The maximum absolute atomic E-state index is 13.2. The average Bonchev–Trinajstić information content (AvgIpc) is 2.67. The van der Waals surface area contributed by atoms with Crippen molar-refractivity contribution in [2.24, 2.45) is 0 Å². The number of rotatable bonds is 3. The molecule has 1 saturated heterocycles. The molecule has 0 radical (unpaired) electrons. The summed E-state index contributed by atoms with van der Waals surface area (Å²) in [7, 11) is -3.52. The van der Waals surface area contributed by atoms with E-state index in [1.807, 2.05) is 54.6 Å². The third-order valence-electron chi connectivity index (χ3n) is 4.78. The zero-order chi connectivity index (χ0) is 18.1. The van der Waals surface area contributed by atoms with Crippen LogP contribution < -0.4 is 4.90 Å². The van der Waals surface area contributed by atoms with Gasteiger partial charge in [-0.1, -0.05) is 54.1 Å². The second-order valence-electron chi connectivity index (χ2n) is 6.35. The van der Waals surface area contributed by atoms with Crippen molar-refractivity contribution in [3.05, 3.63) is 71.8 Å². The van der Waals surface area contributed by atoms with E-state index < -0.39 is 10.0 Å². The van der Waals surface area contributed by atoms with Gasteiger partial charge in [0.1, 0.15) is 0 Å². The number of halogens is 1. The highest BCUT2D eigenvalue weighted by atomic mass is 35.5. The smallest absolute Gasteiger partial charge is 0.243 e. The summed E-state index contributed by atoms with van der Waals surface area (Å²) in [5.74, 6) is 0. The van der Waals surface area contributed by atoms with Crippen LogP contribution in [0.4, 0.5) is 5.69 Å². The number of hydrogen-bond acceptors (Lipinski definition) is 3. The molecule has 0 bridgehead atoms. The van der Waals surface area contributed by atoms with Crippen LogP contribution in [0, 0.1) is 0 Å². The molecule has 1 fully saturated rings. The summed E-state index contributed by atoms with van der Waals surface area (Å²) in [6.45, 7) is 2.20. The zero-order valence-electron chi connectivity index (χ0n) is 14.2. The first kappa shape index (κ1) is 17.3. The van der Waals surface area contributed by atoms with Gasteiger partial charge < -0.3 is 4.90 Å². The normalized spacial score (nSPS) is 16.1. The highest BCUT2D eigenvalue weighted by Crippen LogP contribution is 2.27. The van der Waals surface area contributed by atoms with Crippen LogP contribution in [0.15, 0.2) is 71.6 Å². The molecular weight excluding hydrogens is 368 g/mol. The highest BCUT2D eigenvalue weighted by molar-refractivity contribution is 7.89.